The summed E-state index contributed by atoms with van der Waals surface area (Å²) >= 11 is 0. The van der Waals surface area contributed by atoms with Gasteiger partial charge in [0, 0.05) is 36.1 Å². The third kappa shape index (κ3) is 4.12. The largest absolute Gasteiger partial charge is 0.416 e. The van der Waals surface area contributed by atoms with Crippen LogP contribution in [0.2, 0.25) is 0 Å². The first-order valence-electron chi connectivity index (χ1n) is 9.40. The zero-order valence-corrected chi connectivity index (χ0v) is 15.8. The number of hydrogen-bond donors (Lipinski definition) is 1. The van der Waals surface area contributed by atoms with Gasteiger partial charge in [-0.25, -0.2) is 9.48 Å². The summed E-state index contributed by atoms with van der Waals surface area (Å²) in [7, 11) is 0. The second-order valence-corrected chi connectivity index (χ2v) is 7.00. The summed E-state index contributed by atoms with van der Waals surface area (Å²) in [4.78, 5) is 28.7. The van der Waals surface area contributed by atoms with Crippen molar-refractivity contribution in [1.29, 1.82) is 0 Å². The Bertz CT molecular complexity index is 1120. The third-order valence-electron chi connectivity index (χ3n) is 4.78. The smallest absolute Gasteiger partial charge is 0.350 e. The van der Waals surface area contributed by atoms with Gasteiger partial charge in [-0.3, -0.25) is 14.3 Å². The lowest BCUT2D eigenvalue weighted by Crippen LogP contribution is -2.32. The van der Waals surface area contributed by atoms with Gasteiger partial charge < -0.3 is 5.32 Å². The van der Waals surface area contributed by atoms with Crippen LogP contribution in [0.25, 0.3) is 11.4 Å². The van der Waals surface area contributed by atoms with E-state index in [1.807, 2.05) is 0 Å². The molecule has 7 nitrogen and oxygen atoms in total. The minimum atomic E-state index is -4.49. The fourth-order valence-electron chi connectivity index (χ4n) is 3.14. The van der Waals surface area contributed by atoms with Gasteiger partial charge in [0.15, 0.2) is 5.82 Å². The number of amides is 1. The molecule has 2 heterocycles. The summed E-state index contributed by atoms with van der Waals surface area (Å²) in [6, 6.07) is 7.84. The molecule has 1 amide bonds. The Labute approximate surface area is 169 Å². The molecule has 0 unspecified atom stereocenters. The van der Waals surface area contributed by atoms with E-state index in [9.17, 15) is 22.8 Å². The van der Waals surface area contributed by atoms with Crippen molar-refractivity contribution in [2.24, 2.45) is 0 Å². The SMILES string of the molecule is O=C(NCCn1nc(-c2cccc(C(F)(F)F)c2)n(C2CC2)c1=O)c1ccncc1. The maximum Gasteiger partial charge on any atom is 0.416 e. The molecule has 156 valence electrons. The van der Waals surface area contributed by atoms with Gasteiger partial charge >= 0.3 is 11.9 Å². The van der Waals surface area contributed by atoms with Crippen LogP contribution >= 0.6 is 0 Å². The average Bonchev–Trinajstić information content (AvgIpc) is 3.52. The number of benzene rings is 1. The fourth-order valence-corrected chi connectivity index (χ4v) is 3.14. The van der Waals surface area contributed by atoms with E-state index < -0.39 is 17.4 Å². The molecule has 0 aliphatic heterocycles. The van der Waals surface area contributed by atoms with Crippen molar-refractivity contribution in [3.8, 4) is 11.4 Å². The highest BCUT2D eigenvalue weighted by molar-refractivity contribution is 5.93. The van der Waals surface area contributed by atoms with E-state index in [4.69, 9.17) is 0 Å². The van der Waals surface area contributed by atoms with Crippen LogP contribution in [0.5, 0.6) is 0 Å². The average molecular weight is 417 g/mol. The van der Waals surface area contributed by atoms with E-state index in [1.54, 1.807) is 12.1 Å². The molecule has 1 fully saturated rings. The maximum absolute atomic E-state index is 13.1. The van der Waals surface area contributed by atoms with Gasteiger partial charge in [-0.05, 0) is 37.1 Å². The molecular formula is C20H18F3N5O2. The Morgan fingerprint density at radius 3 is 2.57 bits per heavy atom. The molecule has 4 rings (SSSR count). The topological polar surface area (TPSA) is 81.8 Å². The summed E-state index contributed by atoms with van der Waals surface area (Å²) in [6.07, 6.45) is 0.0588. The minimum absolute atomic E-state index is 0.0674. The molecule has 1 aliphatic carbocycles. The van der Waals surface area contributed by atoms with Crippen molar-refractivity contribution in [2.75, 3.05) is 6.54 Å². The molecule has 1 N–H and O–H groups in total. The fraction of sp³-hybridized carbons (Fsp3) is 0.300. The van der Waals surface area contributed by atoms with E-state index in [0.717, 1.165) is 25.0 Å². The van der Waals surface area contributed by atoms with Gasteiger partial charge in [-0.1, -0.05) is 12.1 Å². The van der Waals surface area contributed by atoms with Crippen LogP contribution in [0, 0.1) is 0 Å². The number of alkyl halides is 3. The number of aromatic nitrogens is 4. The number of halogens is 3. The lowest BCUT2D eigenvalue weighted by Gasteiger charge is -2.09. The summed E-state index contributed by atoms with van der Waals surface area (Å²) < 4.78 is 41.9. The van der Waals surface area contributed by atoms with Gasteiger partial charge in [0.25, 0.3) is 5.91 Å². The first kappa shape index (κ1) is 19.9. The van der Waals surface area contributed by atoms with Crippen molar-refractivity contribution in [3.05, 3.63) is 70.4 Å². The molecule has 2 aromatic heterocycles. The van der Waals surface area contributed by atoms with Crippen LogP contribution < -0.4 is 11.0 Å². The highest BCUT2D eigenvalue weighted by Gasteiger charge is 2.33. The maximum atomic E-state index is 13.1. The quantitative estimate of drug-likeness (QED) is 0.669. The third-order valence-corrected chi connectivity index (χ3v) is 4.78. The zero-order valence-electron chi connectivity index (χ0n) is 15.8. The number of hydrogen-bond acceptors (Lipinski definition) is 4. The van der Waals surface area contributed by atoms with Gasteiger partial charge in [-0.2, -0.15) is 13.2 Å². The second kappa shape index (κ2) is 7.77. The molecule has 0 spiro atoms. The zero-order chi connectivity index (χ0) is 21.3. The van der Waals surface area contributed by atoms with Crippen LogP contribution in [-0.4, -0.2) is 31.8 Å². The van der Waals surface area contributed by atoms with Gasteiger partial charge in [0.05, 0.1) is 12.1 Å². The van der Waals surface area contributed by atoms with E-state index in [1.165, 1.54) is 33.8 Å². The summed E-state index contributed by atoms with van der Waals surface area (Å²) in [5.74, 6) is -0.112. The van der Waals surface area contributed by atoms with Crippen molar-refractivity contribution >= 4 is 5.91 Å². The van der Waals surface area contributed by atoms with E-state index in [0.29, 0.717) is 5.56 Å². The van der Waals surface area contributed by atoms with Gasteiger partial charge in [0.2, 0.25) is 0 Å². The van der Waals surface area contributed by atoms with Gasteiger partial charge in [-0.15, -0.1) is 5.10 Å². The first-order chi connectivity index (χ1) is 14.3. The Kier molecular flexibility index (Phi) is 5.15. The predicted molar refractivity (Wildman–Crippen MR) is 102 cm³/mol. The highest BCUT2D eigenvalue weighted by Crippen LogP contribution is 2.37. The lowest BCUT2D eigenvalue weighted by atomic mass is 10.1. The van der Waals surface area contributed by atoms with E-state index >= 15 is 0 Å². The molecule has 30 heavy (non-hydrogen) atoms. The normalized spacial score (nSPS) is 14.0. The number of carbonyl (C=O) groups is 1. The number of pyridine rings is 1. The van der Waals surface area contributed by atoms with Crippen LogP contribution in [0.1, 0.15) is 34.8 Å². The van der Waals surface area contributed by atoms with Crippen molar-refractivity contribution in [3.63, 3.8) is 0 Å². The molecule has 1 saturated carbocycles. The lowest BCUT2D eigenvalue weighted by molar-refractivity contribution is -0.137. The Morgan fingerprint density at radius 2 is 1.90 bits per heavy atom. The van der Waals surface area contributed by atoms with Crippen LogP contribution in [0.15, 0.2) is 53.6 Å². The monoisotopic (exact) mass is 417 g/mol. The van der Waals surface area contributed by atoms with Crippen molar-refractivity contribution < 1.29 is 18.0 Å². The molecule has 1 aromatic carbocycles. The Hall–Kier alpha value is -3.43. The van der Waals surface area contributed by atoms with Crippen molar-refractivity contribution in [2.45, 2.75) is 31.6 Å². The van der Waals surface area contributed by atoms with Gasteiger partial charge in [0.1, 0.15) is 0 Å². The predicted octanol–water partition coefficient (Wildman–Crippen LogP) is 2.89. The summed E-state index contributed by atoms with van der Waals surface area (Å²) in [6.45, 7) is 0.242. The van der Waals surface area contributed by atoms with Crippen LogP contribution in [-0.2, 0) is 12.7 Å². The number of nitrogens with zero attached hydrogens (tertiary/aromatic N) is 4. The molecule has 1 aliphatic rings. The molecular weight excluding hydrogens is 399 g/mol. The molecule has 0 atom stereocenters. The number of carbonyl (C=O) groups excluding carboxylic acids is 1. The Morgan fingerprint density at radius 1 is 1.17 bits per heavy atom. The summed E-state index contributed by atoms with van der Waals surface area (Å²) in [5.41, 5.74) is -0.532. The first-order valence-corrected chi connectivity index (χ1v) is 9.40. The number of rotatable bonds is 6. The standard InChI is InChI=1S/C20H18F3N5O2/c21-20(22,23)15-3-1-2-14(12-15)17-26-27(19(30)28(17)16-4-5-16)11-10-25-18(29)13-6-8-24-9-7-13/h1-3,6-9,12,16H,4-5,10-11H2,(H,25,29). The molecule has 3 aromatic rings. The van der Waals surface area contributed by atoms with Crippen LogP contribution in [0.4, 0.5) is 13.2 Å². The second-order valence-electron chi connectivity index (χ2n) is 7.00. The van der Waals surface area contributed by atoms with E-state index in [2.05, 4.69) is 15.4 Å². The van der Waals surface area contributed by atoms with E-state index in [-0.39, 0.29) is 36.4 Å². The minimum Gasteiger partial charge on any atom is -0.350 e. The molecule has 0 bridgehead atoms. The summed E-state index contributed by atoms with van der Waals surface area (Å²) in [5, 5.41) is 6.97. The van der Waals surface area contributed by atoms with Crippen LogP contribution in [0.3, 0.4) is 0 Å². The highest BCUT2D eigenvalue weighted by atomic mass is 19.4. The Balaban J connectivity index is 1.56. The molecule has 0 saturated heterocycles. The number of nitrogens with one attached hydrogen (secondary N) is 1. The molecule has 10 heteroatoms. The van der Waals surface area contributed by atoms with Crippen molar-refractivity contribution in [1.82, 2.24) is 24.6 Å². The molecule has 0 radical (unpaired) electrons.